The predicted octanol–water partition coefficient (Wildman–Crippen LogP) is 3.10. The molecule has 2 unspecified atom stereocenters. The SMILES string of the molecule is CC(C)(C)OC(=O)CCC(C[PH](=O)OC(C)(C)C)C(=O)O. The Morgan fingerprint density at radius 2 is 1.62 bits per heavy atom. The van der Waals surface area contributed by atoms with Crippen LogP contribution in [0.1, 0.15) is 54.4 Å². The highest BCUT2D eigenvalue weighted by Crippen LogP contribution is 2.33. The summed E-state index contributed by atoms with van der Waals surface area (Å²) in [5.74, 6) is -2.40. The summed E-state index contributed by atoms with van der Waals surface area (Å²) < 4.78 is 22.2. The molecule has 0 aromatic carbocycles. The number of rotatable bonds is 7. The minimum Gasteiger partial charge on any atom is -0.481 e. The third-order valence-electron chi connectivity index (χ3n) is 2.30. The van der Waals surface area contributed by atoms with Gasteiger partial charge in [-0.3, -0.25) is 14.2 Å². The largest absolute Gasteiger partial charge is 0.481 e. The lowest BCUT2D eigenvalue weighted by Crippen LogP contribution is -2.25. The molecule has 0 bridgehead atoms. The van der Waals surface area contributed by atoms with Crippen molar-refractivity contribution in [2.75, 3.05) is 6.16 Å². The van der Waals surface area contributed by atoms with E-state index >= 15 is 0 Å². The van der Waals surface area contributed by atoms with Crippen molar-refractivity contribution in [3.05, 3.63) is 0 Å². The standard InChI is InChI=1S/C14H27O6P/c1-13(2,3)19-11(15)8-7-10(12(16)17)9-21(18)20-14(4,5)6/h10,21H,7-9H2,1-6H3,(H,16,17). The molecule has 0 aliphatic rings. The van der Waals surface area contributed by atoms with Crippen LogP contribution >= 0.6 is 8.03 Å². The van der Waals surface area contributed by atoms with Gasteiger partial charge >= 0.3 is 11.9 Å². The summed E-state index contributed by atoms with van der Waals surface area (Å²) in [5.41, 5.74) is -1.18. The zero-order valence-electron chi connectivity index (χ0n) is 13.7. The second kappa shape index (κ2) is 7.95. The second-order valence-corrected chi connectivity index (χ2v) is 8.31. The van der Waals surface area contributed by atoms with E-state index in [1.807, 2.05) is 0 Å². The third-order valence-corrected chi connectivity index (χ3v) is 3.97. The normalized spacial score (nSPS) is 15.3. The van der Waals surface area contributed by atoms with Crippen molar-refractivity contribution >= 4 is 20.0 Å². The van der Waals surface area contributed by atoms with Crippen LogP contribution < -0.4 is 0 Å². The van der Waals surface area contributed by atoms with Gasteiger partial charge in [-0.25, -0.2) is 0 Å². The van der Waals surface area contributed by atoms with Gasteiger partial charge in [0.25, 0.3) is 0 Å². The molecule has 0 radical (unpaired) electrons. The zero-order valence-corrected chi connectivity index (χ0v) is 14.7. The first-order valence-electron chi connectivity index (χ1n) is 6.96. The Kier molecular flexibility index (Phi) is 7.62. The molecule has 0 aliphatic carbocycles. The Labute approximate surface area is 127 Å². The molecule has 0 aliphatic heterocycles. The Morgan fingerprint density at radius 3 is 2.00 bits per heavy atom. The molecule has 0 spiro atoms. The molecule has 0 saturated carbocycles. The lowest BCUT2D eigenvalue weighted by molar-refractivity contribution is -0.155. The molecular weight excluding hydrogens is 295 g/mol. The zero-order chi connectivity index (χ0) is 16.8. The van der Waals surface area contributed by atoms with Crippen molar-refractivity contribution in [2.24, 2.45) is 5.92 Å². The number of esters is 1. The molecule has 0 saturated heterocycles. The van der Waals surface area contributed by atoms with Crippen molar-refractivity contribution < 1.29 is 28.5 Å². The lowest BCUT2D eigenvalue weighted by atomic mass is 10.1. The van der Waals surface area contributed by atoms with E-state index < -0.39 is 37.1 Å². The van der Waals surface area contributed by atoms with E-state index in [1.54, 1.807) is 41.5 Å². The number of carboxylic acids is 1. The molecule has 0 fully saturated rings. The number of hydrogen-bond acceptors (Lipinski definition) is 5. The Morgan fingerprint density at radius 1 is 1.10 bits per heavy atom. The molecule has 0 aromatic rings. The molecule has 6 nitrogen and oxygen atoms in total. The first-order valence-corrected chi connectivity index (χ1v) is 8.49. The predicted molar refractivity (Wildman–Crippen MR) is 80.9 cm³/mol. The molecule has 0 amide bonds. The van der Waals surface area contributed by atoms with Gasteiger partial charge in [-0.2, -0.15) is 0 Å². The van der Waals surface area contributed by atoms with Crippen LogP contribution in [0.4, 0.5) is 0 Å². The van der Waals surface area contributed by atoms with Crippen molar-refractivity contribution in [1.82, 2.24) is 0 Å². The first kappa shape index (κ1) is 20.1. The number of carbonyl (C=O) groups is 2. The summed E-state index contributed by atoms with van der Waals surface area (Å²) in [5, 5.41) is 9.14. The quantitative estimate of drug-likeness (QED) is 0.572. The number of carboxylic acid groups (broad SMARTS) is 1. The summed E-state index contributed by atoms with van der Waals surface area (Å²) in [7, 11) is -2.46. The van der Waals surface area contributed by atoms with E-state index in [0.29, 0.717) is 0 Å². The molecule has 7 heteroatoms. The monoisotopic (exact) mass is 322 g/mol. The first-order chi connectivity index (χ1) is 9.30. The van der Waals surface area contributed by atoms with Crippen LogP contribution in [0.3, 0.4) is 0 Å². The van der Waals surface area contributed by atoms with Gasteiger partial charge in [0.15, 0.2) is 8.03 Å². The molecule has 0 aromatic heterocycles. The molecule has 1 N–H and O–H groups in total. The van der Waals surface area contributed by atoms with Gasteiger partial charge in [0, 0.05) is 12.6 Å². The second-order valence-electron chi connectivity index (χ2n) is 6.95. The maximum Gasteiger partial charge on any atom is 0.307 e. The summed E-state index contributed by atoms with van der Waals surface area (Å²) >= 11 is 0. The van der Waals surface area contributed by atoms with Crippen LogP contribution in [0.25, 0.3) is 0 Å². The van der Waals surface area contributed by atoms with E-state index in [0.717, 1.165) is 0 Å². The van der Waals surface area contributed by atoms with Gasteiger partial charge in [0.2, 0.25) is 0 Å². The van der Waals surface area contributed by atoms with Crippen LogP contribution in [-0.2, 0) is 23.4 Å². The highest BCUT2D eigenvalue weighted by atomic mass is 31.1. The van der Waals surface area contributed by atoms with Crippen LogP contribution in [-0.4, -0.2) is 34.4 Å². The Hall–Kier alpha value is -0.870. The van der Waals surface area contributed by atoms with Crippen LogP contribution in [0.5, 0.6) is 0 Å². The molecule has 124 valence electrons. The molecular formula is C14H27O6P. The average molecular weight is 322 g/mol. The van der Waals surface area contributed by atoms with E-state index in [4.69, 9.17) is 14.4 Å². The van der Waals surface area contributed by atoms with Crippen molar-refractivity contribution in [1.29, 1.82) is 0 Å². The minimum absolute atomic E-state index is 0.0150. The number of carbonyl (C=O) groups excluding carboxylic acids is 1. The maximum absolute atomic E-state index is 11.8. The van der Waals surface area contributed by atoms with Crippen molar-refractivity contribution in [3.8, 4) is 0 Å². The van der Waals surface area contributed by atoms with Crippen molar-refractivity contribution in [3.63, 3.8) is 0 Å². The van der Waals surface area contributed by atoms with Crippen LogP contribution in [0.2, 0.25) is 0 Å². The summed E-state index contributed by atoms with van der Waals surface area (Å²) in [6.45, 7) is 10.5. The van der Waals surface area contributed by atoms with E-state index in [-0.39, 0.29) is 19.0 Å². The number of hydrogen-bond donors (Lipinski definition) is 1. The molecule has 21 heavy (non-hydrogen) atoms. The van der Waals surface area contributed by atoms with Gasteiger partial charge in [-0.05, 0) is 48.0 Å². The fraction of sp³-hybridized carbons (Fsp3) is 0.857. The number of ether oxygens (including phenoxy) is 1. The van der Waals surface area contributed by atoms with Crippen LogP contribution in [0, 0.1) is 5.92 Å². The number of aliphatic carboxylic acids is 1. The highest BCUT2D eigenvalue weighted by molar-refractivity contribution is 7.39. The van der Waals surface area contributed by atoms with E-state index in [1.165, 1.54) is 0 Å². The smallest absolute Gasteiger partial charge is 0.307 e. The van der Waals surface area contributed by atoms with Crippen LogP contribution in [0.15, 0.2) is 0 Å². The topological polar surface area (TPSA) is 89.9 Å². The summed E-state index contributed by atoms with van der Waals surface area (Å²) in [6.07, 6.45) is 0.00707. The lowest BCUT2D eigenvalue weighted by Gasteiger charge is -2.21. The Bertz CT molecular complexity index is 391. The van der Waals surface area contributed by atoms with Gasteiger partial charge in [-0.15, -0.1) is 0 Å². The van der Waals surface area contributed by atoms with Gasteiger partial charge in [0.05, 0.1) is 11.5 Å². The summed E-state index contributed by atoms with van der Waals surface area (Å²) in [4.78, 5) is 22.8. The molecule has 2 atom stereocenters. The fourth-order valence-corrected chi connectivity index (χ4v) is 3.13. The highest BCUT2D eigenvalue weighted by Gasteiger charge is 2.25. The summed E-state index contributed by atoms with van der Waals surface area (Å²) in [6, 6.07) is 0. The minimum atomic E-state index is -2.46. The van der Waals surface area contributed by atoms with E-state index in [2.05, 4.69) is 0 Å². The van der Waals surface area contributed by atoms with E-state index in [9.17, 15) is 14.2 Å². The average Bonchev–Trinajstić information content (AvgIpc) is 2.18. The van der Waals surface area contributed by atoms with Gasteiger partial charge in [-0.1, -0.05) is 0 Å². The van der Waals surface area contributed by atoms with Crippen molar-refractivity contribution in [2.45, 2.75) is 65.6 Å². The molecule has 0 rings (SSSR count). The van der Waals surface area contributed by atoms with Gasteiger partial charge in [0.1, 0.15) is 5.60 Å². The maximum atomic E-state index is 11.8. The molecule has 0 heterocycles. The van der Waals surface area contributed by atoms with Gasteiger partial charge < -0.3 is 14.4 Å². The Balaban J connectivity index is 4.42. The fourth-order valence-electron chi connectivity index (χ4n) is 1.58. The third kappa shape index (κ3) is 11.5.